The minimum Gasteiger partial charge on any atom is -0.497 e. The minimum absolute atomic E-state index is 0.152. The predicted octanol–water partition coefficient (Wildman–Crippen LogP) is 2.83. The fraction of sp³-hybridized carbons (Fsp3) is 0.300. The number of hydrogen-bond donors (Lipinski definition) is 1. The van der Waals surface area contributed by atoms with E-state index >= 15 is 0 Å². The second-order valence-corrected chi connectivity index (χ2v) is 5.59. The maximum absolute atomic E-state index is 12.0. The van der Waals surface area contributed by atoms with Gasteiger partial charge in [0.25, 0.3) is 5.91 Å². The molecule has 0 heterocycles. The van der Waals surface area contributed by atoms with Gasteiger partial charge in [-0.25, -0.2) is 0 Å². The van der Waals surface area contributed by atoms with Gasteiger partial charge in [-0.05, 0) is 30.2 Å². The molecule has 2 aromatic carbocycles. The van der Waals surface area contributed by atoms with Gasteiger partial charge in [-0.1, -0.05) is 18.2 Å². The molecule has 0 spiro atoms. The van der Waals surface area contributed by atoms with Crippen LogP contribution < -0.4 is 19.5 Å². The lowest BCUT2D eigenvalue weighted by Crippen LogP contribution is -2.21. The molecule has 1 amide bonds. The third-order valence-electron chi connectivity index (χ3n) is 3.84. The zero-order valence-electron chi connectivity index (χ0n) is 15.6. The molecule has 0 aliphatic carbocycles. The van der Waals surface area contributed by atoms with Crippen LogP contribution in [0.25, 0.3) is 0 Å². The number of para-hydroxylation sites is 1. The average molecular weight is 373 g/mol. The van der Waals surface area contributed by atoms with Crippen molar-refractivity contribution in [3.63, 3.8) is 0 Å². The molecular formula is C20H23NO6. The van der Waals surface area contributed by atoms with Crippen LogP contribution in [0.2, 0.25) is 0 Å². The summed E-state index contributed by atoms with van der Waals surface area (Å²) in [5.74, 6) is 0.856. The maximum atomic E-state index is 12.0. The highest BCUT2D eigenvalue weighted by Gasteiger charge is 2.12. The molecule has 0 aliphatic heterocycles. The Morgan fingerprint density at radius 2 is 1.67 bits per heavy atom. The molecule has 0 bridgehead atoms. The average Bonchev–Trinajstić information content (AvgIpc) is 2.71. The second kappa shape index (κ2) is 10.1. The third-order valence-corrected chi connectivity index (χ3v) is 3.84. The number of esters is 1. The van der Waals surface area contributed by atoms with Crippen molar-refractivity contribution < 1.29 is 28.5 Å². The molecule has 0 atom stereocenters. The van der Waals surface area contributed by atoms with Crippen molar-refractivity contribution in [2.75, 3.05) is 33.3 Å². The molecule has 1 N–H and O–H groups in total. The smallest absolute Gasteiger partial charge is 0.306 e. The number of anilines is 1. The van der Waals surface area contributed by atoms with E-state index in [4.69, 9.17) is 18.9 Å². The number of amides is 1. The van der Waals surface area contributed by atoms with Crippen molar-refractivity contribution >= 4 is 17.6 Å². The Bertz CT molecular complexity index is 790. The highest BCUT2D eigenvalue weighted by molar-refractivity contribution is 5.94. The number of aryl methyl sites for hydroxylation is 1. The van der Waals surface area contributed by atoms with Gasteiger partial charge in [0.1, 0.15) is 17.2 Å². The number of nitrogens with one attached hydrogen (secondary N) is 1. The van der Waals surface area contributed by atoms with Crippen molar-refractivity contribution in [2.24, 2.45) is 0 Å². The highest BCUT2D eigenvalue weighted by Crippen LogP contribution is 2.28. The van der Waals surface area contributed by atoms with Crippen LogP contribution in [0, 0.1) is 0 Å². The van der Waals surface area contributed by atoms with Gasteiger partial charge in [0.2, 0.25) is 0 Å². The monoisotopic (exact) mass is 373 g/mol. The molecule has 144 valence electrons. The first-order chi connectivity index (χ1) is 13.1. The summed E-state index contributed by atoms with van der Waals surface area (Å²) >= 11 is 0. The number of methoxy groups -OCH3 is 3. The number of benzene rings is 2. The fourth-order valence-corrected chi connectivity index (χ4v) is 2.45. The SMILES string of the molecule is COc1ccc(NC(=O)COC(=O)CCc2ccccc2OC)c(OC)c1. The summed E-state index contributed by atoms with van der Waals surface area (Å²) in [6, 6.07) is 12.4. The molecule has 7 heteroatoms. The Hall–Kier alpha value is -3.22. The molecule has 2 rings (SSSR count). The van der Waals surface area contributed by atoms with Crippen molar-refractivity contribution in [1.29, 1.82) is 0 Å². The van der Waals surface area contributed by atoms with Crippen molar-refractivity contribution in [1.82, 2.24) is 0 Å². The van der Waals surface area contributed by atoms with E-state index in [0.29, 0.717) is 23.6 Å². The lowest BCUT2D eigenvalue weighted by molar-refractivity contribution is -0.147. The van der Waals surface area contributed by atoms with Crippen LogP contribution >= 0.6 is 0 Å². The third kappa shape index (κ3) is 5.91. The van der Waals surface area contributed by atoms with E-state index < -0.39 is 11.9 Å². The van der Waals surface area contributed by atoms with Crippen LogP contribution in [0.4, 0.5) is 5.69 Å². The van der Waals surface area contributed by atoms with E-state index in [1.54, 1.807) is 25.3 Å². The molecule has 0 radical (unpaired) electrons. The van der Waals surface area contributed by atoms with Crippen LogP contribution in [0.5, 0.6) is 17.2 Å². The molecule has 0 aromatic heterocycles. The molecule has 0 unspecified atom stereocenters. The number of carbonyl (C=O) groups excluding carboxylic acids is 2. The molecule has 2 aromatic rings. The molecule has 7 nitrogen and oxygen atoms in total. The van der Waals surface area contributed by atoms with Crippen LogP contribution in [0.15, 0.2) is 42.5 Å². The normalized spacial score (nSPS) is 10.0. The van der Waals surface area contributed by atoms with Crippen LogP contribution in [-0.4, -0.2) is 39.8 Å². The largest absolute Gasteiger partial charge is 0.497 e. The lowest BCUT2D eigenvalue weighted by atomic mass is 10.1. The van der Waals surface area contributed by atoms with Gasteiger partial charge in [-0.2, -0.15) is 0 Å². The lowest BCUT2D eigenvalue weighted by Gasteiger charge is -2.12. The van der Waals surface area contributed by atoms with Crippen molar-refractivity contribution in [2.45, 2.75) is 12.8 Å². The van der Waals surface area contributed by atoms with E-state index in [1.807, 2.05) is 24.3 Å². The Morgan fingerprint density at radius 3 is 2.37 bits per heavy atom. The van der Waals surface area contributed by atoms with Crippen LogP contribution in [0.3, 0.4) is 0 Å². The van der Waals surface area contributed by atoms with E-state index in [-0.39, 0.29) is 13.0 Å². The van der Waals surface area contributed by atoms with Crippen LogP contribution in [-0.2, 0) is 20.7 Å². The van der Waals surface area contributed by atoms with E-state index in [9.17, 15) is 9.59 Å². The zero-order valence-corrected chi connectivity index (χ0v) is 15.6. The van der Waals surface area contributed by atoms with Crippen molar-refractivity contribution in [3.05, 3.63) is 48.0 Å². The summed E-state index contributed by atoms with van der Waals surface area (Å²) in [6.45, 7) is -0.375. The van der Waals surface area contributed by atoms with Gasteiger partial charge in [0.15, 0.2) is 6.61 Å². The van der Waals surface area contributed by atoms with Crippen LogP contribution in [0.1, 0.15) is 12.0 Å². The maximum Gasteiger partial charge on any atom is 0.306 e. The molecule has 0 saturated carbocycles. The molecule has 0 saturated heterocycles. The Kier molecular flexibility index (Phi) is 7.49. The van der Waals surface area contributed by atoms with Crippen molar-refractivity contribution in [3.8, 4) is 17.2 Å². The van der Waals surface area contributed by atoms with Gasteiger partial charge < -0.3 is 24.3 Å². The van der Waals surface area contributed by atoms with Gasteiger partial charge in [0.05, 0.1) is 27.0 Å². The van der Waals surface area contributed by atoms with Gasteiger partial charge in [0, 0.05) is 12.5 Å². The minimum atomic E-state index is -0.460. The fourth-order valence-electron chi connectivity index (χ4n) is 2.45. The topological polar surface area (TPSA) is 83.1 Å². The zero-order chi connectivity index (χ0) is 19.6. The van der Waals surface area contributed by atoms with Gasteiger partial charge >= 0.3 is 5.97 Å². The number of rotatable bonds is 9. The number of carbonyl (C=O) groups is 2. The van der Waals surface area contributed by atoms with Gasteiger partial charge in [-0.15, -0.1) is 0 Å². The Morgan fingerprint density at radius 1 is 0.926 bits per heavy atom. The summed E-state index contributed by atoms with van der Waals surface area (Å²) in [6.07, 6.45) is 0.621. The standard InChI is InChI=1S/C20H23NO6/c1-24-15-9-10-16(18(12-15)26-3)21-19(22)13-27-20(23)11-8-14-6-4-5-7-17(14)25-2/h4-7,9-10,12H,8,11,13H2,1-3H3,(H,21,22). The molecule has 0 fully saturated rings. The summed E-state index contributed by atoms with van der Waals surface area (Å²) in [7, 11) is 4.61. The van der Waals surface area contributed by atoms with E-state index in [1.165, 1.54) is 14.2 Å². The Balaban J connectivity index is 1.82. The number of ether oxygens (including phenoxy) is 4. The van der Waals surface area contributed by atoms with E-state index in [2.05, 4.69) is 5.32 Å². The summed E-state index contributed by atoms with van der Waals surface area (Å²) in [5, 5.41) is 2.64. The predicted molar refractivity (Wildman–Crippen MR) is 100 cm³/mol. The molecular weight excluding hydrogens is 350 g/mol. The summed E-state index contributed by atoms with van der Waals surface area (Å²) in [4.78, 5) is 23.9. The Labute approximate surface area is 158 Å². The van der Waals surface area contributed by atoms with E-state index in [0.717, 1.165) is 11.3 Å². The number of hydrogen-bond acceptors (Lipinski definition) is 6. The first-order valence-electron chi connectivity index (χ1n) is 8.36. The summed E-state index contributed by atoms with van der Waals surface area (Å²) in [5.41, 5.74) is 1.37. The first kappa shape index (κ1) is 20.1. The molecule has 0 aliphatic rings. The highest BCUT2D eigenvalue weighted by atomic mass is 16.5. The van der Waals surface area contributed by atoms with Gasteiger partial charge in [-0.3, -0.25) is 9.59 Å². The second-order valence-electron chi connectivity index (χ2n) is 5.59. The first-order valence-corrected chi connectivity index (χ1v) is 8.36. The quantitative estimate of drug-likeness (QED) is 0.681. The summed E-state index contributed by atoms with van der Waals surface area (Å²) < 4.78 is 20.6. The molecule has 27 heavy (non-hydrogen) atoms.